The Labute approximate surface area is 193 Å². The van der Waals surface area contributed by atoms with Gasteiger partial charge >= 0.3 is 0 Å². The molecule has 4 rings (SSSR count). The van der Waals surface area contributed by atoms with E-state index >= 15 is 0 Å². The lowest BCUT2D eigenvalue weighted by atomic mass is 10.2. The molecule has 0 unspecified atom stereocenters. The first kappa shape index (κ1) is 22.2. The topological polar surface area (TPSA) is 103 Å². The van der Waals surface area contributed by atoms with Crippen LogP contribution < -0.4 is 11.1 Å². The summed E-state index contributed by atoms with van der Waals surface area (Å²) in [7, 11) is 0. The standard InChI is InChI=1S/C24H20FN5O2S/c1-15-6-12-18(13-7-15)30-23(19-4-2-3-5-20(19)25)28-29-24(30)33-14-21(31)27-17-10-8-16(9-11-17)22(26)32/h2-13H,14H2,1H3,(H2,26,32)(H,27,31). The minimum Gasteiger partial charge on any atom is -0.366 e. The first-order chi connectivity index (χ1) is 15.9. The van der Waals surface area contributed by atoms with E-state index in [1.54, 1.807) is 47.0 Å². The van der Waals surface area contributed by atoms with Gasteiger partial charge in [-0.2, -0.15) is 0 Å². The number of anilines is 1. The van der Waals surface area contributed by atoms with Crippen molar-refractivity contribution in [1.29, 1.82) is 0 Å². The number of hydrogen-bond acceptors (Lipinski definition) is 5. The number of aromatic nitrogens is 3. The van der Waals surface area contributed by atoms with E-state index in [0.29, 0.717) is 27.8 Å². The van der Waals surface area contributed by atoms with Gasteiger partial charge in [0.1, 0.15) is 5.82 Å². The lowest BCUT2D eigenvalue weighted by Crippen LogP contribution is -2.15. The fourth-order valence-electron chi connectivity index (χ4n) is 3.15. The summed E-state index contributed by atoms with van der Waals surface area (Å²) >= 11 is 1.18. The number of nitrogens with zero attached hydrogens (tertiary/aromatic N) is 3. The van der Waals surface area contributed by atoms with Gasteiger partial charge in [-0.25, -0.2) is 4.39 Å². The third-order valence-electron chi connectivity index (χ3n) is 4.83. The predicted octanol–water partition coefficient (Wildman–Crippen LogP) is 4.21. The van der Waals surface area contributed by atoms with E-state index in [0.717, 1.165) is 11.3 Å². The molecule has 0 fully saturated rings. The lowest BCUT2D eigenvalue weighted by Gasteiger charge is -2.11. The van der Waals surface area contributed by atoms with Crippen LogP contribution in [-0.4, -0.2) is 32.3 Å². The second kappa shape index (κ2) is 9.66. The highest BCUT2D eigenvalue weighted by Gasteiger charge is 2.19. The molecule has 9 heteroatoms. The summed E-state index contributed by atoms with van der Waals surface area (Å²) in [4.78, 5) is 23.7. The Morgan fingerprint density at radius 3 is 2.36 bits per heavy atom. The lowest BCUT2D eigenvalue weighted by molar-refractivity contribution is -0.113. The first-order valence-electron chi connectivity index (χ1n) is 10.0. The van der Waals surface area contributed by atoms with E-state index < -0.39 is 11.7 Å². The highest BCUT2D eigenvalue weighted by Crippen LogP contribution is 2.29. The maximum Gasteiger partial charge on any atom is 0.248 e. The molecule has 3 aromatic carbocycles. The molecule has 0 aliphatic heterocycles. The van der Waals surface area contributed by atoms with Crippen molar-refractivity contribution in [2.75, 3.05) is 11.1 Å². The van der Waals surface area contributed by atoms with Gasteiger partial charge in [0.2, 0.25) is 11.8 Å². The van der Waals surface area contributed by atoms with Gasteiger partial charge in [-0.15, -0.1) is 10.2 Å². The Hall–Kier alpha value is -3.98. The molecule has 0 saturated carbocycles. The maximum absolute atomic E-state index is 14.5. The van der Waals surface area contributed by atoms with Gasteiger partial charge in [-0.3, -0.25) is 14.2 Å². The number of aryl methyl sites for hydroxylation is 1. The van der Waals surface area contributed by atoms with Gasteiger partial charge in [0.25, 0.3) is 0 Å². The van der Waals surface area contributed by atoms with Gasteiger partial charge < -0.3 is 11.1 Å². The fraction of sp³-hybridized carbons (Fsp3) is 0.0833. The van der Waals surface area contributed by atoms with E-state index in [2.05, 4.69) is 15.5 Å². The molecule has 0 atom stereocenters. The van der Waals surface area contributed by atoms with Crippen LogP contribution in [0.3, 0.4) is 0 Å². The van der Waals surface area contributed by atoms with Crippen molar-refractivity contribution in [2.24, 2.45) is 5.73 Å². The van der Waals surface area contributed by atoms with Crippen molar-refractivity contribution in [2.45, 2.75) is 12.1 Å². The zero-order valence-corrected chi connectivity index (χ0v) is 18.5. The molecule has 3 N–H and O–H groups in total. The predicted molar refractivity (Wildman–Crippen MR) is 126 cm³/mol. The van der Waals surface area contributed by atoms with Crippen molar-refractivity contribution in [3.8, 4) is 17.1 Å². The Kier molecular flexibility index (Phi) is 6.50. The Morgan fingerprint density at radius 2 is 1.70 bits per heavy atom. The average Bonchev–Trinajstić information content (AvgIpc) is 3.22. The molecule has 7 nitrogen and oxygen atoms in total. The van der Waals surface area contributed by atoms with Crippen molar-refractivity contribution in [3.05, 3.63) is 89.7 Å². The van der Waals surface area contributed by atoms with Gasteiger partial charge in [-0.05, 0) is 55.5 Å². The van der Waals surface area contributed by atoms with E-state index in [9.17, 15) is 14.0 Å². The highest BCUT2D eigenvalue weighted by molar-refractivity contribution is 7.99. The van der Waals surface area contributed by atoms with Crippen LogP contribution in [0.25, 0.3) is 17.1 Å². The number of hydrogen-bond donors (Lipinski definition) is 2. The molecule has 4 aromatic rings. The molecular weight excluding hydrogens is 441 g/mol. The summed E-state index contributed by atoms with van der Waals surface area (Å²) in [5.74, 6) is -0.810. The van der Waals surface area contributed by atoms with Crippen molar-refractivity contribution in [3.63, 3.8) is 0 Å². The summed E-state index contributed by atoms with van der Waals surface area (Å²) in [5.41, 5.74) is 8.28. The third kappa shape index (κ3) is 5.09. The molecule has 166 valence electrons. The fourth-order valence-corrected chi connectivity index (χ4v) is 3.90. The summed E-state index contributed by atoms with van der Waals surface area (Å²) in [6.07, 6.45) is 0. The summed E-state index contributed by atoms with van der Waals surface area (Å²) < 4.78 is 16.2. The normalized spacial score (nSPS) is 10.7. The smallest absolute Gasteiger partial charge is 0.248 e. The number of halogens is 1. The summed E-state index contributed by atoms with van der Waals surface area (Å²) in [6.45, 7) is 1.98. The number of rotatable bonds is 7. The van der Waals surface area contributed by atoms with Gasteiger partial charge in [-0.1, -0.05) is 41.6 Å². The minimum absolute atomic E-state index is 0.0544. The number of amides is 2. The number of nitrogens with one attached hydrogen (secondary N) is 1. The minimum atomic E-state index is -0.537. The van der Waals surface area contributed by atoms with Gasteiger partial charge in [0.15, 0.2) is 11.0 Å². The Bertz CT molecular complexity index is 1300. The van der Waals surface area contributed by atoms with Crippen LogP contribution >= 0.6 is 11.8 Å². The molecule has 0 spiro atoms. The average molecular weight is 462 g/mol. The van der Waals surface area contributed by atoms with Crippen LogP contribution in [0.4, 0.5) is 10.1 Å². The summed E-state index contributed by atoms with van der Waals surface area (Å²) in [6, 6.07) is 20.3. The second-order valence-corrected chi connectivity index (χ2v) is 8.18. The van der Waals surface area contributed by atoms with Crippen LogP contribution in [0.15, 0.2) is 78.0 Å². The zero-order valence-electron chi connectivity index (χ0n) is 17.7. The largest absolute Gasteiger partial charge is 0.366 e. The van der Waals surface area contributed by atoms with Crippen molar-refractivity contribution >= 4 is 29.3 Å². The van der Waals surface area contributed by atoms with Crippen LogP contribution in [0, 0.1) is 12.7 Å². The first-order valence-corrected chi connectivity index (χ1v) is 11.0. The number of benzene rings is 3. The Morgan fingerprint density at radius 1 is 1.00 bits per heavy atom. The van der Waals surface area contributed by atoms with E-state index in [1.165, 1.54) is 17.8 Å². The quantitative estimate of drug-likeness (QED) is 0.401. The summed E-state index contributed by atoms with van der Waals surface area (Å²) in [5, 5.41) is 11.6. The van der Waals surface area contributed by atoms with Crippen LogP contribution in [0.1, 0.15) is 15.9 Å². The van der Waals surface area contributed by atoms with Crippen LogP contribution in [0.2, 0.25) is 0 Å². The van der Waals surface area contributed by atoms with Crippen LogP contribution in [-0.2, 0) is 4.79 Å². The van der Waals surface area contributed by atoms with E-state index in [4.69, 9.17) is 5.73 Å². The molecule has 0 aliphatic carbocycles. The SMILES string of the molecule is Cc1ccc(-n2c(SCC(=O)Nc3ccc(C(N)=O)cc3)nnc2-c2ccccc2F)cc1. The van der Waals surface area contributed by atoms with E-state index in [-0.39, 0.29) is 11.7 Å². The molecule has 0 bridgehead atoms. The van der Waals surface area contributed by atoms with E-state index in [1.807, 2.05) is 31.2 Å². The maximum atomic E-state index is 14.5. The third-order valence-corrected chi connectivity index (χ3v) is 5.75. The molecule has 33 heavy (non-hydrogen) atoms. The molecule has 1 heterocycles. The van der Waals surface area contributed by atoms with Crippen molar-refractivity contribution < 1.29 is 14.0 Å². The molecule has 0 aliphatic rings. The molecule has 0 radical (unpaired) electrons. The second-order valence-electron chi connectivity index (χ2n) is 7.24. The Balaban J connectivity index is 1.57. The van der Waals surface area contributed by atoms with Gasteiger partial charge in [0.05, 0.1) is 11.3 Å². The number of nitrogens with two attached hydrogens (primary N) is 1. The number of carbonyl (C=O) groups excluding carboxylic acids is 2. The number of primary amides is 1. The van der Waals surface area contributed by atoms with Crippen molar-refractivity contribution in [1.82, 2.24) is 14.8 Å². The highest BCUT2D eigenvalue weighted by atomic mass is 32.2. The molecule has 0 saturated heterocycles. The van der Waals surface area contributed by atoms with Gasteiger partial charge in [0, 0.05) is 16.9 Å². The number of thioether (sulfide) groups is 1. The molecular formula is C24H20FN5O2S. The zero-order chi connectivity index (χ0) is 23.4. The monoisotopic (exact) mass is 461 g/mol. The molecule has 2 amide bonds. The van der Waals surface area contributed by atoms with Crippen LogP contribution in [0.5, 0.6) is 0 Å². The number of carbonyl (C=O) groups is 2. The molecule has 1 aromatic heterocycles.